The molecule has 1 aliphatic rings. The van der Waals surface area contributed by atoms with Gasteiger partial charge in [-0.3, -0.25) is 0 Å². The Morgan fingerprint density at radius 3 is 1.56 bits per heavy atom. The summed E-state index contributed by atoms with van der Waals surface area (Å²) in [5.41, 5.74) is 0.411. The minimum atomic E-state index is 0.411. The summed E-state index contributed by atoms with van der Waals surface area (Å²) < 4.78 is 0. The van der Waals surface area contributed by atoms with Crippen molar-refractivity contribution in [3.05, 3.63) is 72.8 Å². The van der Waals surface area contributed by atoms with Crippen LogP contribution in [-0.2, 0) is 0 Å². The number of allylic oxidation sites excluding steroid dienone is 4. The molecule has 18 heavy (non-hydrogen) atoms. The lowest BCUT2D eigenvalue weighted by atomic mass is 9.86. The van der Waals surface area contributed by atoms with Crippen LogP contribution < -0.4 is 0 Å². The quantitative estimate of drug-likeness (QED) is 0.577. The lowest BCUT2D eigenvalue weighted by Gasteiger charge is -2.19. The SMILES string of the molecule is CC1(C)C=CC=CC1.c1ccc2ccccc2c1. The highest BCUT2D eigenvalue weighted by Gasteiger charge is 2.11. The molecule has 0 nitrogen and oxygen atoms in total. The molecule has 0 saturated carbocycles. The van der Waals surface area contributed by atoms with Crippen molar-refractivity contribution in [1.82, 2.24) is 0 Å². The summed E-state index contributed by atoms with van der Waals surface area (Å²) in [6.07, 6.45) is 9.85. The van der Waals surface area contributed by atoms with Gasteiger partial charge >= 0.3 is 0 Å². The Morgan fingerprint density at radius 1 is 0.778 bits per heavy atom. The molecule has 0 saturated heterocycles. The molecule has 0 atom stereocenters. The summed E-state index contributed by atoms with van der Waals surface area (Å²) in [5.74, 6) is 0. The van der Waals surface area contributed by atoms with Crippen molar-refractivity contribution in [3.8, 4) is 0 Å². The monoisotopic (exact) mass is 236 g/mol. The van der Waals surface area contributed by atoms with E-state index in [2.05, 4.69) is 86.7 Å². The first-order valence-corrected chi connectivity index (χ1v) is 6.46. The topological polar surface area (TPSA) is 0 Å². The van der Waals surface area contributed by atoms with Crippen molar-refractivity contribution in [2.45, 2.75) is 20.3 Å². The van der Waals surface area contributed by atoms with Crippen LogP contribution in [0.2, 0.25) is 0 Å². The predicted octanol–water partition coefficient (Wildman–Crippen LogP) is 5.37. The second-order valence-corrected chi connectivity index (χ2v) is 5.33. The van der Waals surface area contributed by atoms with Crippen molar-refractivity contribution < 1.29 is 0 Å². The minimum absolute atomic E-state index is 0.411. The van der Waals surface area contributed by atoms with Gasteiger partial charge in [-0.25, -0.2) is 0 Å². The summed E-state index contributed by atoms with van der Waals surface area (Å²) in [4.78, 5) is 0. The molecule has 0 amide bonds. The predicted molar refractivity (Wildman–Crippen MR) is 80.6 cm³/mol. The van der Waals surface area contributed by atoms with Gasteiger partial charge in [0, 0.05) is 0 Å². The molecular weight excluding hydrogens is 216 g/mol. The summed E-state index contributed by atoms with van der Waals surface area (Å²) >= 11 is 0. The fourth-order valence-electron chi connectivity index (χ4n) is 1.97. The van der Waals surface area contributed by atoms with Gasteiger partial charge in [-0.05, 0) is 22.6 Å². The van der Waals surface area contributed by atoms with Crippen LogP contribution in [-0.4, -0.2) is 0 Å². The molecule has 0 heterocycles. The zero-order valence-electron chi connectivity index (χ0n) is 11.1. The zero-order valence-corrected chi connectivity index (χ0v) is 11.1. The Morgan fingerprint density at radius 2 is 1.28 bits per heavy atom. The molecule has 0 aromatic heterocycles. The van der Waals surface area contributed by atoms with Gasteiger partial charge in [0.2, 0.25) is 0 Å². The Labute approximate surface area is 110 Å². The second-order valence-electron chi connectivity index (χ2n) is 5.33. The number of benzene rings is 2. The zero-order chi connectivity index (χ0) is 12.8. The molecule has 3 rings (SSSR count). The average Bonchev–Trinajstić information content (AvgIpc) is 2.39. The van der Waals surface area contributed by atoms with Gasteiger partial charge in [0.15, 0.2) is 0 Å². The molecule has 2 aromatic rings. The van der Waals surface area contributed by atoms with E-state index in [-0.39, 0.29) is 0 Å². The van der Waals surface area contributed by atoms with E-state index < -0.39 is 0 Å². The van der Waals surface area contributed by atoms with Gasteiger partial charge in [-0.2, -0.15) is 0 Å². The first-order chi connectivity index (χ1) is 8.67. The molecule has 0 radical (unpaired) electrons. The third-order valence-electron chi connectivity index (χ3n) is 3.10. The fourth-order valence-corrected chi connectivity index (χ4v) is 1.97. The van der Waals surface area contributed by atoms with Crippen LogP contribution in [0.25, 0.3) is 10.8 Å². The minimum Gasteiger partial charge on any atom is -0.0837 e. The maximum Gasteiger partial charge on any atom is -0.0137 e. The van der Waals surface area contributed by atoms with Gasteiger partial charge in [-0.15, -0.1) is 0 Å². The molecule has 1 aliphatic carbocycles. The maximum atomic E-state index is 2.24. The fraction of sp³-hybridized carbons (Fsp3) is 0.222. The Balaban J connectivity index is 0.000000138. The number of rotatable bonds is 0. The highest BCUT2D eigenvalue weighted by molar-refractivity contribution is 5.81. The van der Waals surface area contributed by atoms with Crippen LogP contribution >= 0.6 is 0 Å². The summed E-state index contributed by atoms with van der Waals surface area (Å²) in [6.45, 7) is 4.49. The van der Waals surface area contributed by atoms with Gasteiger partial charge < -0.3 is 0 Å². The standard InChI is InChI=1S/C10H8.C8H12/c1-2-6-10-8-4-3-7-9(10)5-1;1-8(2)6-4-3-5-7-8/h1-8H;3-6H,7H2,1-2H3. The van der Waals surface area contributed by atoms with Crippen LogP contribution in [0.3, 0.4) is 0 Å². The van der Waals surface area contributed by atoms with Crippen molar-refractivity contribution in [1.29, 1.82) is 0 Å². The summed E-state index contributed by atoms with van der Waals surface area (Å²) in [6, 6.07) is 16.7. The van der Waals surface area contributed by atoms with Crippen molar-refractivity contribution in [3.63, 3.8) is 0 Å². The van der Waals surface area contributed by atoms with Gasteiger partial charge in [0.05, 0.1) is 0 Å². The number of hydrogen-bond acceptors (Lipinski definition) is 0. The van der Waals surface area contributed by atoms with Crippen LogP contribution in [0.1, 0.15) is 20.3 Å². The molecule has 0 N–H and O–H groups in total. The van der Waals surface area contributed by atoms with E-state index in [1.807, 2.05) is 0 Å². The van der Waals surface area contributed by atoms with E-state index in [4.69, 9.17) is 0 Å². The highest BCUT2D eigenvalue weighted by atomic mass is 14.2. The summed E-state index contributed by atoms with van der Waals surface area (Å²) in [5, 5.41) is 2.62. The van der Waals surface area contributed by atoms with Crippen molar-refractivity contribution >= 4 is 10.8 Å². The van der Waals surface area contributed by atoms with E-state index in [1.54, 1.807) is 0 Å². The normalized spacial score (nSPS) is 16.1. The molecular formula is C18H20. The first-order valence-electron chi connectivity index (χ1n) is 6.46. The third-order valence-corrected chi connectivity index (χ3v) is 3.10. The van der Waals surface area contributed by atoms with E-state index in [0.717, 1.165) is 0 Å². The maximum absolute atomic E-state index is 2.24. The first kappa shape index (κ1) is 12.6. The van der Waals surface area contributed by atoms with E-state index >= 15 is 0 Å². The van der Waals surface area contributed by atoms with Gasteiger partial charge in [0.1, 0.15) is 0 Å². The lowest BCUT2D eigenvalue weighted by molar-refractivity contribution is 0.484. The highest BCUT2D eigenvalue weighted by Crippen LogP contribution is 2.24. The Hall–Kier alpha value is -1.82. The van der Waals surface area contributed by atoms with Crippen molar-refractivity contribution in [2.24, 2.45) is 5.41 Å². The molecule has 0 fully saturated rings. The van der Waals surface area contributed by atoms with Crippen LogP contribution in [0.4, 0.5) is 0 Å². The lowest BCUT2D eigenvalue weighted by Crippen LogP contribution is -2.06. The largest absolute Gasteiger partial charge is 0.0837 e. The molecule has 0 aliphatic heterocycles. The number of hydrogen-bond donors (Lipinski definition) is 0. The molecule has 0 unspecified atom stereocenters. The Bertz CT molecular complexity index is 494. The summed E-state index contributed by atoms with van der Waals surface area (Å²) in [7, 11) is 0. The van der Waals surface area contributed by atoms with E-state index in [1.165, 1.54) is 17.2 Å². The molecule has 92 valence electrons. The van der Waals surface area contributed by atoms with E-state index in [9.17, 15) is 0 Å². The van der Waals surface area contributed by atoms with Crippen molar-refractivity contribution in [2.75, 3.05) is 0 Å². The Kier molecular flexibility index (Phi) is 3.99. The van der Waals surface area contributed by atoms with Crippen LogP contribution in [0, 0.1) is 5.41 Å². The average molecular weight is 236 g/mol. The smallest absolute Gasteiger partial charge is 0.0137 e. The molecule has 0 bridgehead atoms. The molecule has 2 aromatic carbocycles. The number of fused-ring (bicyclic) bond motifs is 1. The van der Waals surface area contributed by atoms with Crippen LogP contribution in [0.15, 0.2) is 72.8 Å². The second kappa shape index (κ2) is 5.68. The van der Waals surface area contributed by atoms with Gasteiger partial charge in [-0.1, -0.05) is 86.7 Å². The third kappa shape index (κ3) is 3.59. The molecule has 0 heteroatoms. The molecule has 0 spiro atoms. The van der Waals surface area contributed by atoms with Gasteiger partial charge in [0.25, 0.3) is 0 Å². The van der Waals surface area contributed by atoms with Crippen LogP contribution in [0.5, 0.6) is 0 Å². The van der Waals surface area contributed by atoms with E-state index in [0.29, 0.717) is 5.41 Å².